The Bertz CT molecular complexity index is 1110. The van der Waals surface area contributed by atoms with Crippen molar-refractivity contribution in [1.82, 2.24) is 9.97 Å². The summed E-state index contributed by atoms with van der Waals surface area (Å²) < 4.78 is 6.05. The molecule has 0 amide bonds. The van der Waals surface area contributed by atoms with E-state index in [1.165, 1.54) is 6.08 Å². The van der Waals surface area contributed by atoms with E-state index in [9.17, 15) is 0 Å². The van der Waals surface area contributed by atoms with Crippen LogP contribution < -0.4 is 9.64 Å². The van der Waals surface area contributed by atoms with Crippen molar-refractivity contribution >= 4 is 17.7 Å². The van der Waals surface area contributed by atoms with Gasteiger partial charge in [-0.15, -0.1) is 0 Å². The number of benzene rings is 2. The molecule has 0 aliphatic heterocycles. The van der Waals surface area contributed by atoms with Gasteiger partial charge in [-0.05, 0) is 73.0 Å². The Kier molecular flexibility index (Phi) is 5.87. The molecule has 1 aromatic heterocycles. The molecule has 0 aliphatic rings. The van der Waals surface area contributed by atoms with E-state index in [2.05, 4.69) is 16.0 Å². The largest absolute Gasteiger partial charge is 0.438 e. The molecule has 6 heteroatoms. The second-order valence-corrected chi connectivity index (χ2v) is 6.46. The van der Waals surface area contributed by atoms with Crippen LogP contribution in [0.3, 0.4) is 0 Å². The second kappa shape index (κ2) is 8.69. The third kappa shape index (κ3) is 4.58. The minimum Gasteiger partial charge on any atom is -0.438 e. The second-order valence-electron chi connectivity index (χ2n) is 6.46. The monoisotopic (exact) mass is 381 g/mol. The van der Waals surface area contributed by atoms with Gasteiger partial charge in [-0.1, -0.05) is 0 Å². The minimum absolute atomic E-state index is 0.432. The normalized spacial score (nSPS) is 10.4. The Hall–Kier alpha value is -4.16. The quantitative estimate of drug-likeness (QED) is 0.574. The van der Waals surface area contributed by atoms with Crippen molar-refractivity contribution in [3.8, 4) is 23.8 Å². The standard InChI is InChI=1S/C23H19N5O/c1-16-13-19(5-4-11-24)14-17(2)22(16)29-21-10-12-26-23(27-21)28(3)20-8-6-18(15-25)7-9-20/h4-10,12-14H,1-3H3. The third-order valence-corrected chi connectivity index (χ3v) is 4.34. The summed E-state index contributed by atoms with van der Waals surface area (Å²) in [5.74, 6) is 1.64. The molecule has 2 aromatic carbocycles. The molecule has 0 atom stereocenters. The number of anilines is 2. The molecule has 0 saturated carbocycles. The average Bonchev–Trinajstić information content (AvgIpc) is 2.74. The number of rotatable bonds is 5. The van der Waals surface area contributed by atoms with Crippen LogP contribution in [0.4, 0.5) is 11.6 Å². The first-order valence-electron chi connectivity index (χ1n) is 8.94. The summed E-state index contributed by atoms with van der Waals surface area (Å²) in [5, 5.41) is 17.6. The number of ether oxygens (including phenoxy) is 1. The summed E-state index contributed by atoms with van der Waals surface area (Å²) in [5.41, 5.74) is 4.30. The SMILES string of the molecule is Cc1cc(C=CC#N)cc(C)c1Oc1ccnc(N(C)c2ccc(C#N)cc2)n1. The van der Waals surface area contributed by atoms with Crippen LogP contribution in [-0.4, -0.2) is 17.0 Å². The number of aryl methyl sites for hydroxylation is 2. The van der Waals surface area contributed by atoms with Crippen LogP contribution >= 0.6 is 0 Å². The van der Waals surface area contributed by atoms with Gasteiger partial charge in [0.15, 0.2) is 0 Å². The highest BCUT2D eigenvalue weighted by molar-refractivity contribution is 5.59. The molecular weight excluding hydrogens is 362 g/mol. The van der Waals surface area contributed by atoms with Gasteiger partial charge in [0.1, 0.15) is 5.75 Å². The number of hydrogen-bond acceptors (Lipinski definition) is 6. The van der Waals surface area contributed by atoms with Crippen molar-refractivity contribution in [2.24, 2.45) is 0 Å². The highest BCUT2D eigenvalue weighted by atomic mass is 16.5. The maximum absolute atomic E-state index is 8.94. The zero-order chi connectivity index (χ0) is 20.8. The number of allylic oxidation sites excluding steroid dienone is 1. The van der Waals surface area contributed by atoms with E-state index in [1.54, 1.807) is 30.5 Å². The highest BCUT2D eigenvalue weighted by Crippen LogP contribution is 2.30. The molecule has 0 bridgehead atoms. The number of aromatic nitrogens is 2. The number of nitriles is 2. The molecule has 0 fully saturated rings. The zero-order valence-electron chi connectivity index (χ0n) is 16.4. The minimum atomic E-state index is 0.432. The van der Waals surface area contributed by atoms with Crippen LogP contribution in [0.15, 0.2) is 54.7 Å². The Morgan fingerprint density at radius 1 is 1.03 bits per heavy atom. The molecule has 0 N–H and O–H groups in total. The first-order valence-corrected chi connectivity index (χ1v) is 8.94. The van der Waals surface area contributed by atoms with Gasteiger partial charge < -0.3 is 9.64 Å². The lowest BCUT2D eigenvalue weighted by atomic mass is 10.1. The average molecular weight is 381 g/mol. The summed E-state index contributed by atoms with van der Waals surface area (Å²) in [6.45, 7) is 3.91. The Balaban J connectivity index is 1.86. The van der Waals surface area contributed by atoms with Crippen LogP contribution in [0.25, 0.3) is 6.08 Å². The number of nitrogens with zero attached hydrogens (tertiary/aromatic N) is 5. The maximum Gasteiger partial charge on any atom is 0.232 e. The van der Waals surface area contributed by atoms with Crippen LogP contribution in [0, 0.1) is 36.5 Å². The van der Waals surface area contributed by atoms with Crippen LogP contribution in [0.1, 0.15) is 22.3 Å². The van der Waals surface area contributed by atoms with Gasteiger partial charge in [-0.2, -0.15) is 15.5 Å². The van der Waals surface area contributed by atoms with E-state index >= 15 is 0 Å². The zero-order valence-corrected chi connectivity index (χ0v) is 16.4. The van der Waals surface area contributed by atoms with E-state index in [-0.39, 0.29) is 0 Å². The van der Waals surface area contributed by atoms with Gasteiger partial charge in [-0.25, -0.2) is 4.98 Å². The van der Waals surface area contributed by atoms with E-state index in [0.29, 0.717) is 17.4 Å². The van der Waals surface area contributed by atoms with Crippen LogP contribution in [0.5, 0.6) is 11.6 Å². The highest BCUT2D eigenvalue weighted by Gasteiger charge is 2.12. The lowest BCUT2D eigenvalue weighted by Crippen LogP contribution is -2.13. The molecule has 0 unspecified atom stereocenters. The number of hydrogen-bond donors (Lipinski definition) is 0. The van der Waals surface area contributed by atoms with Crippen LogP contribution in [-0.2, 0) is 0 Å². The van der Waals surface area contributed by atoms with Gasteiger partial charge in [0.25, 0.3) is 0 Å². The summed E-state index contributed by atoms with van der Waals surface area (Å²) in [7, 11) is 1.85. The van der Waals surface area contributed by atoms with E-state index in [4.69, 9.17) is 15.3 Å². The predicted octanol–water partition coefficient (Wildman–Crippen LogP) is 5.06. The molecule has 29 heavy (non-hydrogen) atoms. The fourth-order valence-corrected chi connectivity index (χ4v) is 2.90. The fourth-order valence-electron chi connectivity index (χ4n) is 2.90. The lowest BCUT2D eigenvalue weighted by Gasteiger charge is -2.18. The fraction of sp³-hybridized carbons (Fsp3) is 0.130. The van der Waals surface area contributed by atoms with Crippen molar-refractivity contribution in [2.45, 2.75) is 13.8 Å². The molecule has 142 valence electrons. The van der Waals surface area contributed by atoms with Crippen molar-refractivity contribution in [1.29, 1.82) is 10.5 Å². The van der Waals surface area contributed by atoms with Gasteiger partial charge in [-0.3, -0.25) is 0 Å². The topological polar surface area (TPSA) is 85.8 Å². The van der Waals surface area contributed by atoms with Gasteiger partial charge in [0.2, 0.25) is 11.8 Å². The summed E-state index contributed by atoms with van der Waals surface area (Å²) in [6.07, 6.45) is 4.86. The van der Waals surface area contributed by atoms with E-state index < -0.39 is 0 Å². The van der Waals surface area contributed by atoms with E-state index in [0.717, 1.165) is 28.1 Å². The van der Waals surface area contributed by atoms with E-state index in [1.807, 2.05) is 56.1 Å². The summed E-state index contributed by atoms with van der Waals surface area (Å²) in [4.78, 5) is 10.7. The molecule has 0 aliphatic carbocycles. The van der Waals surface area contributed by atoms with Gasteiger partial charge in [0, 0.05) is 31.1 Å². The molecule has 0 saturated heterocycles. The Labute approximate surface area is 170 Å². The Morgan fingerprint density at radius 3 is 2.34 bits per heavy atom. The van der Waals surface area contributed by atoms with Crippen molar-refractivity contribution in [3.63, 3.8) is 0 Å². The molecule has 0 radical (unpaired) electrons. The van der Waals surface area contributed by atoms with Gasteiger partial charge in [0.05, 0.1) is 17.7 Å². The van der Waals surface area contributed by atoms with Crippen molar-refractivity contribution in [3.05, 3.63) is 77.0 Å². The molecule has 1 heterocycles. The smallest absolute Gasteiger partial charge is 0.232 e. The summed E-state index contributed by atoms with van der Waals surface area (Å²) >= 11 is 0. The molecule has 0 spiro atoms. The molecule has 3 aromatic rings. The first-order chi connectivity index (χ1) is 14.0. The predicted molar refractivity (Wildman–Crippen MR) is 112 cm³/mol. The Morgan fingerprint density at radius 2 is 1.72 bits per heavy atom. The molecule has 3 rings (SSSR count). The third-order valence-electron chi connectivity index (χ3n) is 4.34. The van der Waals surface area contributed by atoms with Crippen molar-refractivity contribution in [2.75, 3.05) is 11.9 Å². The van der Waals surface area contributed by atoms with Crippen LogP contribution in [0.2, 0.25) is 0 Å². The molecule has 6 nitrogen and oxygen atoms in total. The maximum atomic E-state index is 8.94. The van der Waals surface area contributed by atoms with Crippen molar-refractivity contribution < 1.29 is 4.74 Å². The lowest BCUT2D eigenvalue weighted by molar-refractivity contribution is 0.455. The summed E-state index contributed by atoms with van der Waals surface area (Å²) in [6, 6.07) is 16.9. The molecular formula is C23H19N5O. The van der Waals surface area contributed by atoms with Gasteiger partial charge >= 0.3 is 0 Å². The first kappa shape index (κ1) is 19.6.